The molecular formula is C12H17N3OS. The molecule has 92 valence electrons. The Morgan fingerprint density at radius 2 is 2.24 bits per heavy atom. The van der Waals surface area contributed by atoms with Crippen molar-refractivity contribution >= 4 is 23.1 Å². The average Bonchev–Trinajstić information content (AvgIpc) is 2.26. The van der Waals surface area contributed by atoms with Gasteiger partial charge in [-0.1, -0.05) is 18.3 Å². The second-order valence-electron chi connectivity index (χ2n) is 4.10. The minimum atomic E-state index is -0.113. The third-order valence-corrected chi connectivity index (χ3v) is 2.75. The molecule has 0 aliphatic rings. The maximum atomic E-state index is 12.1. The number of amides is 1. The van der Waals surface area contributed by atoms with Crippen LogP contribution in [0.15, 0.2) is 18.2 Å². The van der Waals surface area contributed by atoms with Crippen LogP contribution in [0.4, 0.5) is 0 Å². The topological polar surface area (TPSA) is 59.2 Å². The molecule has 0 saturated carbocycles. The highest BCUT2D eigenvalue weighted by molar-refractivity contribution is 7.80. The number of hydrogen-bond acceptors (Lipinski definition) is 3. The van der Waals surface area contributed by atoms with Crippen molar-refractivity contribution in [2.24, 2.45) is 5.73 Å². The number of aromatic nitrogens is 1. The molecule has 0 aromatic carbocycles. The van der Waals surface area contributed by atoms with E-state index in [9.17, 15) is 4.79 Å². The number of carbonyl (C=O) groups is 1. The van der Waals surface area contributed by atoms with Crippen LogP contribution in [0.3, 0.4) is 0 Å². The highest BCUT2D eigenvalue weighted by Gasteiger charge is 2.18. The van der Waals surface area contributed by atoms with Crippen LogP contribution in [0.1, 0.15) is 29.5 Å². The van der Waals surface area contributed by atoms with Gasteiger partial charge in [-0.15, -0.1) is 0 Å². The van der Waals surface area contributed by atoms with E-state index in [1.807, 2.05) is 26.0 Å². The molecular weight excluding hydrogens is 234 g/mol. The van der Waals surface area contributed by atoms with Gasteiger partial charge in [0.15, 0.2) is 0 Å². The summed E-state index contributed by atoms with van der Waals surface area (Å²) in [6.45, 7) is 3.77. The van der Waals surface area contributed by atoms with Gasteiger partial charge in [0.05, 0.1) is 4.99 Å². The number of hydrogen-bond donors (Lipinski definition) is 1. The lowest BCUT2D eigenvalue weighted by Crippen LogP contribution is -2.37. The van der Waals surface area contributed by atoms with Gasteiger partial charge in [0, 0.05) is 25.2 Å². The average molecular weight is 251 g/mol. The first-order chi connectivity index (χ1) is 7.91. The van der Waals surface area contributed by atoms with E-state index in [-0.39, 0.29) is 11.9 Å². The van der Waals surface area contributed by atoms with E-state index < -0.39 is 0 Å². The minimum absolute atomic E-state index is 0.0256. The predicted octanol–water partition coefficient (Wildman–Crippen LogP) is 1.53. The van der Waals surface area contributed by atoms with Gasteiger partial charge in [0.1, 0.15) is 5.69 Å². The predicted molar refractivity (Wildman–Crippen MR) is 71.9 cm³/mol. The molecule has 4 nitrogen and oxygen atoms in total. The fourth-order valence-electron chi connectivity index (χ4n) is 1.47. The molecule has 1 aromatic rings. The first-order valence-corrected chi connectivity index (χ1v) is 5.81. The normalized spacial score (nSPS) is 11.9. The molecule has 1 atom stereocenters. The largest absolute Gasteiger partial charge is 0.393 e. The van der Waals surface area contributed by atoms with Crippen molar-refractivity contribution < 1.29 is 4.79 Å². The molecule has 0 fully saturated rings. The Hall–Kier alpha value is -1.49. The van der Waals surface area contributed by atoms with Crippen LogP contribution in [0.2, 0.25) is 0 Å². The van der Waals surface area contributed by atoms with E-state index in [2.05, 4.69) is 4.98 Å². The van der Waals surface area contributed by atoms with Crippen LogP contribution in [-0.2, 0) is 0 Å². The van der Waals surface area contributed by atoms with Crippen molar-refractivity contribution in [3.63, 3.8) is 0 Å². The number of carbonyl (C=O) groups excluding carboxylic acids is 1. The number of thiocarbonyl (C=S) groups is 1. The summed E-state index contributed by atoms with van der Waals surface area (Å²) in [6.07, 6.45) is 0.517. The molecule has 1 heterocycles. The lowest BCUT2D eigenvalue weighted by atomic mass is 10.2. The van der Waals surface area contributed by atoms with Crippen molar-refractivity contribution in [2.75, 3.05) is 7.05 Å². The van der Waals surface area contributed by atoms with E-state index >= 15 is 0 Å². The van der Waals surface area contributed by atoms with Gasteiger partial charge < -0.3 is 10.6 Å². The molecule has 0 radical (unpaired) electrons. The number of rotatable bonds is 4. The zero-order valence-corrected chi connectivity index (χ0v) is 11.1. The van der Waals surface area contributed by atoms with Gasteiger partial charge in [-0.05, 0) is 26.0 Å². The standard InChI is InChI=1S/C12H17N3OS/c1-8-5-4-6-10(14-8)12(16)15(3)9(2)7-11(13)17/h4-6,9H,7H2,1-3H3,(H2,13,17). The summed E-state index contributed by atoms with van der Waals surface area (Å²) < 4.78 is 0. The second-order valence-corrected chi connectivity index (χ2v) is 4.62. The molecule has 0 aliphatic carbocycles. The third-order valence-electron chi connectivity index (χ3n) is 2.59. The minimum Gasteiger partial charge on any atom is -0.393 e. The second kappa shape index (κ2) is 5.72. The summed E-state index contributed by atoms with van der Waals surface area (Å²) >= 11 is 4.84. The van der Waals surface area contributed by atoms with E-state index in [1.165, 1.54) is 0 Å². The molecule has 1 unspecified atom stereocenters. The van der Waals surface area contributed by atoms with Crippen LogP contribution in [-0.4, -0.2) is 33.9 Å². The Morgan fingerprint density at radius 3 is 2.76 bits per heavy atom. The number of pyridine rings is 1. The zero-order chi connectivity index (χ0) is 13.0. The van der Waals surface area contributed by atoms with Crippen LogP contribution in [0.25, 0.3) is 0 Å². The first-order valence-electron chi connectivity index (χ1n) is 5.41. The van der Waals surface area contributed by atoms with Crippen molar-refractivity contribution in [3.8, 4) is 0 Å². The Bertz CT molecular complexity index is 434. The Morgan fingerprint density at radius 1 is 1.59 bits per heavy atom. The molecule has 0 spiro atoms. The Balaban J connectivity index is 2.79. The van der Waals surface area contributed by atoms with Gasteiger partial charge in [-0.25, -0.2) is 4.98 Å². The van der Waals surface area contributed by atoms with Gasteiger partial charge in [-0.2, -0.15) is 0 Å². The smallest absolute Gasteiger partial charge is 0.272 e. The monoisotopic (exact) mass is 251 g/mol. The summed E-state index contributed by atoms with van der Waals surface area (Å²) in [5.41, 5.74) is 6.74. The number of aryl methyl sites for hydroxylation is 1. The van der Waals surface area contributed by atoms with Crippen molar-refractivity contribution in [1.29, 1.82) is 0 Å². The van der Waals surface area contributed by atoms with Gasteiger partial charge >= 0.3 is 0 Å². The summed E-state index contributed by atoms with van der Waals surface area (Å²) in [6, 6.07) is 5.36. The van der Waals surface area contributed by atoms with Crippen LogP contribution >= 0.6 is 12.2 Å². The molecule has 0 bridgehead atoms. The van der Waals surface area contributed by atoms with E-state index in [1.54, 1.807) is 18.0 Å². The third kappa shape index (κ3) is 3.78. The van der Waals surface area contributed by atoms with Gasteiger partial charge in [0.2, 0.25) is 0 Å². The van der Waals surface area contributed by atoms with Crippen molar-refractivity contribution in [2.45, 2.75) is 26.3 Å². The molecule has 5 heteroatoms. The zero-order valence-electron chi connectivity index (χ0n) is 10.3. The quantitative estimate of drug-likeness (QED) is 0.824. The number of nitrogens with two attached hydrogens (primary N) is 1. The summed E-state index contributed by atoms with van der Waals surface area (Å²) in [5.74, 6) is -0.113. The molecule has 0 aliphatic heterocycles. The lowest BCUT2D eigenvalue weighted by Gasteiger charge is -2.24. The first kappa shape index (κ1) is 13.6. The van der Waals surface area contributed by atoms with E-state index in [0.717, 1.165) is 5.69 Å². The van der Waals surface area contributed by atoms with Crippen LogP contribution in [0.5, 0.6) is 0 Å². The molecule has 1 rings (SSSR count). The SMILES string of the molecule is Cc1cccc(C(=O)N(C)C(C)CC(N)=S)n1. The maximum absolute atomic E-state index is 12.1. The Kier molecular flexibility index (Phi) is 4.57. The van der Waals surface area contributed by atoms with E-state index in [0.29, 0.717) is 17.1 Å². The van der Waals surface area contributed by atoms with Gasteiger partial charge in [0.25, 0.3) is 5.91 Å². The summed E-state index contributed by atoms with van der Waals surface area (Å²) in [5, 5.41) is 0. The van der Waals surface area contributed by atoms with E-state index in [4.69, 9.17) is 18.0 Å². The highest BCUT2D eigenvalue weighted by Crippen LogP contribution is 2.07. The molecule has 1 amide bonds. The maximum Gasteiger partial charge on any atom is 0.272 e. The number of nitrogens with zero attached hydrogens (tertiary/aromatic N) is 2. The van der Waals surface area contributed by atoms with Crippen LogP contribution < -0.4 is 5.73 Å². The van der Waals surface area contributed by atoms with Crippen molar-refractivity contribution in [3.05, 3.63) is 29.6 Å². The molecule has 1 aromatic heterocycles. The summed E-state index contributed by atoms with van der Waals surface area (Å²) in [4.78, 5) is 18.3. The highest BCUT2D eigenvalue weighted by atomic mass is 32.1. The van der Waals surface area contributed by atoms with Crippen LogP contribution in [0, 0.1) is 6.92 Å². The molecule has 2 N–H and O–H groups in total. The van der Waals surface area contributed by atoms with Crippen molar-refractivity contribution in [1.82, 2.24) is 9.88 Å². The lowest BCUT2D eigenvalue weighted by molar-refractivity contribution is 0.0742. The molecule has 17 heavy (non-hydrogen) atoms. The van der Waals surface area contributed by atoms with Gasteiger partial charge in [-0.3, -0.25) is 4.79 Å². The Labute approximate surface area is 107 Å². The fraction of sp³-hybridized carbons (Fsp3) is 0.417. The fourth-order valence-corrected chi connectivity index (χ4v) is 1.71. The molecule has 0 saturated heterocycles. The summed E-state index contributed by atoms with van der Waals surface area (Å²) in [7, 11) is 1.73.